The van der Waals surface area contributed by atoms with Crippen molar-refractivity contribution in [3.63, 3.8) is 0 Å². The molecule has 0 radical (unpaired) electrons. The molecule has 118 valence electrons. The van der Waals surface area contributed by atoms with E-state index >= 15 is 0 Å². The summed E-state index contributed by atoms with van der Waals surface area (Å²) < 4.78 is 0. The fourth-order valence-corrected chi connectivity index (χ4v) is 2.36. The van der Waals surface area contributed by atoms with E-state index in [0.29, 0.717) is 6.42 Å². The molecule has 0 fully saturated rings. The fourth-order valence-electron chi connectivity index (χ4n) is 2.36. The van der Waals surface area contributed by atoms with Crippen LogP contribution < -0.4 is 11.1 Å². The number of hydrogen-bond donors (Lipinski definition) is 2. The minimum Gasteiger partial charge on any atom is -0.351 e. The first-order valence-corrected chi connectivity index (χ1v) is 7.89. The molecule has 4 heteroatoms. The maximum Gasteiger partial charge on any atom is 0.237 e. The van der Waals surface area contributed by atoms with E-state index in [1.807, 2.05) is 25.1 Å². The third-order valence-corrected chi connectivity index (χ3v) is 3.74. The molecule has 3 N–H and O–H groups in total. The van der Waals surface area contributed by atoms with Crippen LogP contribution in [0.4, 0.5) is 0 Å². The van der Waals surface area contributed by atoms with Crippen LogP contribution in [0.1, 0.15) is 32.8 Å². The van der Waals surface area contributed by atoms with Gasteiger partial charge in [-0.15, -0.1) is 0 Å². The molecule has 0 aliphatic carbocycles. The van der Waals surface area contributed by atoms with Crippen molar-refractivity contribution in [2.24, 2.45) is 5.73 Å². The molecule has 4 nitrogen and oxygen atoms in total. The molecule has 2 unspecified atom stereocenters. The average molecular weight is 291 g/mol. The molecule has 0 aliphatic heterocycles. The normalized spacial score (nSPS) is 14.0. The van der Waals surface area contributed by atoms with Crippen molar-refractivity contribution in [3.8, 4) is 0 Å². The molecule has 0 aromatic heterocycles. The van der Waals surface area contributed by atoms with Crippen molar-refractivity contribution >= 4 is 5.91 Å². The second-order valence-corrected chi connectivity index (χ2v) is 5.53. The minimum absolute atomic E-state index is 0.0504. The molecular weight excluding hydrogens is 262 g/mol. The molecule has 1 aromatic carbocycles. The van der Waals surface area contributed by atoms with Gasteiger partial charge in [0.05, 0.1) is 6.04 Å². The molecule has 0 saturated carbocycles. The Morgan fingerprint density at radius 2 is 1.86 bits per heavy atom. The van der Waals surface area contributed by atoms with E-state index in [2.05, 4.69) is 36.2 Å². The lowest BCUT2D eigenvalue weighted by Crippen LogP contribution is -2.48. The number of rotatable bonds is 9. The van der Waals surface area contributed by atoms with Crippen molar-refractivity contribution in [1.29, 1.82) is 0 Å². The number of nitrogens with one attached hydrogen (secondary N) is 1. The van der Waals surface area contributed by atoms with E-state index in [1.165, 1.54) is 5.56 Å². The maximum atomic E-state index is 12.1. The van der Waals surface area contributed by atoms with Crippen LogP contribution >= 0.6 is 0 Å². The smallest absolute Gasteiger partial charge is 0.237 e. The van der Waals surface area contributed by atoms with Crippen LogP contribution in [0.25, 0.3) is 0 Å². The van der Waals surface area contributed by atoms with Gasteiger partial charge in [-0.1, -0.05) is 44.2 Å². The number of likely N-dealkylation sites (N-methyl/N-ethyl adjacent to an activating group) is 1. The number of aryl methyl sites for hydroxylation is 1. The van der Waals surface area contributed by atoms with Gasteiger partial charge in [-0.25, -0.2) is 0 Å². The Kier molecular flexibility index (Phi) is 8.01. The van der Waals surface area contributed by atoms with Gasteiger partial charge in [0.25, 0.3) is 0 Å². The zero-order valence-corrected chi connectivity index (χ0v) is 13.5. The number of nitrogens with zero attached hydrogens (tertiary/aromatic N) is 1. The van der Waals surface area contributed by atoms with E-state index < -0.39 is 6.04 Å². The third-order valence-electron chi connectivity index (χ3n) is 3.74. The Labute approximate surface area is 128 Å². The quantitative estimate of drug-likeness (QED) is 0.729. The van der Waals surface area contributed by atoms with Gasteiger partial charge in [-0.05, 0) is 38.4 Å². The SMILES string of the molecule is CCN(CC)CC(C)NC(=O)C(N)CCc1ccccc1. The van der Waals surface area contributed by atoms with Crippen LogP contribution in [0.2, 0.25) is 0 Å². The highest BCUT2D eigenvalue weighted by molar-refractivity contribution is 5.81. The van der Waals surface area contributed by atoms with Crippen LogP contribution in [0.15, 0.2) is 30.3 Å². The Balaban J connectivity index is 2.33. The Morgan fingerprint density at radius 3 is 2.43 bits per heavy atom. The number of carbonyl (C=O) groups excluding carboxylic acids is 1. The second-order valence-electron chi connectivity index (χ2n) is 5.53. The van der Waals surface area contributed by atoms with E-state index in [-0.39, 0.29) is 11.9 Å². The van der Waals surface area contributed by atoms with Crippen molar-refractivity contribution in [3.05, 3.63) is 35.9 Å². The first kappa shape index (κ1) is 17.7. The molecule has 1 rings (SSSR count). The van der Waals surface area contributed by atoms with Gasteiger partial charge in [0.1, 0.15) is 0 Å². The van der Waals surface area contributed by atoms with Gasteiger partial charge >= 0.3 is 0 Å². The molecule has 0 bridgehead atoms. The summed E-state index contributed by atoms with van der Waals surface area (Å²) in [5.41, 5.74) is 7.20. The lowest BCUT2D eigenvalue weighted by molar-refractivity contribution is -0.123. The summed E-state index contributed by atoms with van der Waals surface area (Å²) in [7, 11) is 0. The van der Waals surface area contributed by atoms with Crippen LogP contribution in [-0.4, -0.2) is 42.5 Å². The Bertz CT molecular complexity index is 404. The van der Waals surface area contributed by atoms with Crippen molar-refractivity contribution in [1.82, 2.24) is 10.2 Å². The summed E-state index contributed by atoms with van der Waals surface area (Å²) in [6.07, 6.45) is 1.51. The summed E-state index contributed by atoms with van der Waals surface area (Å²) >= 11 is 0. The third kappa shape index (κ3) is 6.74. The number of nitrogens with two attached hydrogens (primary N) is 1. The van der Waals surface area contributed by atoms with Crippen LogP contribution in [0, 0.1) is 0 Å². The van der Waals surface area contributed by atoms with E-state index in [0.717, 1.165) is 26.1 Å². The summed E-state index contributed by atoms with van der Waals surface area (Å²) in [6.45, 7) is 9.14. The monoisotopic (exact) mass is 291 g/mol. The fraction of sp³-hybridized carbons (Fsp3) is 0.588. The summed E-state index contributed by atoms with van der Waals surface area (Å²) in [4.78, 5) is 14.4. The van der Waals surface area contributed by atoms with Crippen LogP contribution in [0.5, 0.6) is 0 Å². The molecular formula is C17H29N3O. The summed E-state index contributed by atoms with van der Waals surface area (Å²) in [5, 5.41) is 3.01. The average Bonchev–Trinajstić information content (AvgIpc) is 2.51. The van der Waals surface area contributed by atoms with Gasteiger partial charge in [0.2, 0.25) is 5.91 Å². The molecule has 0 heterocycles. The van der Waals surface area contributed by atoms with E-state index in [9.17, 15) is 4.79 Å². The minimum atomic E-state index is -0.440. The van der Waals surface area contributed by atoms with Crippen molar-refractivity contribution in [2.45, 2.75) is 45.7 Å². The molecule has 21 heavy (non-hydrogen) atoms. The van der Waals surface area contributed by atoms with Gasteiger partial charge in [-0.3, -0.25) is 4.79 Å². The van der Waals surface area contributed by atoms with Gasteiger partial charge < -0.3 is 16.0 Å². The largest absolute Gasteiger partial charge is 0.351 e. The molecule has 2 atom stereocenters. The topological polar surface area (TPSA) is 58.4 Å². The number of benzene rings is 1. The number of carbonyl (C=O) groups is 1. The summed E-state index contributed by atoms with van der Waals surface area (Å²) in [5.74, 6) is -0.0504. The second kappa shape index (κ2) is 9.53. The molecule has 1 amide bonds. The van der Waals surface area contributed by atoms with Crippen LogP contribution in [-0.2, 0) is 11.2 Å². The Morgan fingerprint density at radius 1 is 1.24 bits per heavy atom. The standard InChI is InChI=1S/C17H29N3O/c1-4-20(5-2)13-14(3)19-17(21)16(18)12-11-15-9-7-6-8-10-15/h6-10,14,16H,4-5,11-13,18H2,1-3H3,(H,19,21). The molecule has 1 aromatic rings. The number of hydrogen-bond acceptors (Lipinski definition) is 3. The van der Waals surface area contributed by atoms with Crippen molar-refractivity contribution < 1.29 is 4.79 Å². The van der Waals surface area contributed by atoms with Gasteiger partial charge in [-0.2, -0.15) is 0 Å². The lowest BCUT2D eigenvalue weighted by Gasteiger charge is -2.24. The van der Waals surface area contributed by atoms with Crippen molar-refractivity contribution in [2.75, 3.05) is 19.6 Å². The lowest BCUT2D eigenvalue weighted by atomic mass is 10.1. The maximum absolute atomic E-state index is 12.1. The zero-order chi connectivity index (χ0) is 15.7. The predicted octanol–water partition coefficient (Wildman–Crippen LogP) is 1.79. The highest BCUT2D eigenvalue weighted by atomic mass is 16.2. The molecule has 0 spiro atoms. The Hall–Kier alpha value is -1.39. The first-order valence-electron chi connectivity index (χ1n) is 7.89. The molecule has 0 aliphatic rings. The first-order chi connectivity index (χ1) is 10.1. The van der Waals surface area contributed by atoms with Gasteiger partial charge in [0, 0.05) is 12.6 Å². The zero-order valence-electron chi connectivity index (χ0n) is 13.5. The highest BCUT2D eigenvalue weighted by Crippen LogP contribution is 2.04. The van der Waals surface area contributed by atoms with E-state index in [4.69, 9.17) is 5.73 Å². The predicted molar refractivity (Wildman–Crippen MR) is 88.1 cm³/mol. The summed E-state index contributed by atoms with van der Waals surface area (Å²) in [6, 6.07) is 9.82. The van der Waals surface area contributed by atoms with E-state index in [1.54, 1.807) is 0 Å². The highest BCUT2D eigenvalue weighted by Gasteiger charge is 2.16. The van der Waals surface area contributed by atoms with Crippen LogP contribution in [0.3, 0.4) is 0 Å². The molecule has 0 saturated heterocycles. The number of amides is 1. The van der Waals surface area contributed by atoms with Gasteiger partial charge in [0.15, 0.2) is 0 Å².